The predicted octanol–water partition coefficient (Wildman–Crippen LogP) is 3.19. The summed E-state index contributed by atoms with van der Waals surface area (Å²) < 4.78 is 0. The van der Waals surface area contributed by atoms with E-state index >= 15 is 0 Å². The number of carbonyl (C=O) groups is 1. The molecule has 0 fully saturated rings. The Labute approximate surface area is 130 Å². The molecule has 6 heteroatoms. The molecule has 106 valence electrons. The van der Waals surface area contributed by atoms with Crippen LogP contribution in [0.2, 0.25) is 0 Å². The maximum Gasteiger partial charge on any atom is 0.294 e. The van der Waals surface area contributed by atoms with E-state index in [0.717, 1.165) is 11.4 Å². The molecule has 2 aromatic carbocycles. The summed E-state index contributed by atoms with van der Waals surface area (Å²) in [5, 5.41) is 4.74. The van der Waals surface area contributed by atoms with E-state index in [0.29, 0.717) is 5.01 Å². The number of nitrogens with zero attached hydrogens (tertiary/aromatic N) is 1. The van der Waals surface area contributed by atoms with Gasteiger partial charge in [-0.15, -0.1) is 23.1 Å². The zero-order valence-corrected chi connectivity index (χ0v) is 12.7. The van der Waals surface area contributed by atoms with Gasteiger partial charge in [0.05, 0.1) is 5.69 Å². The molecule has 0 spiro atoms. The number of benzene rings is 2. The van der Waals surface area contributed by atoms with Gasteiger partial charge in [0.1, 0.15) is 0 Å². The highest BCUT2D eigenvalue weighted by molar-refractivity contribution is 7.98. The first-order valence-corrected chi connectivity index (χ1v) is 8.20. The third-order valence-corrected chi connectivity index (χ3v) is 4.90. The third kappa shape index (κ3) is 3.24. The Kier molecular flexibility index (Phi) is 4.19. The molecule has 0 atom stereocenters. The number of aromatic nitrogens is 1. The van der Waals surface area contributed by atoms with E-state index in [2.05, 4.69) is 40.7 Å². The summed E-state index contributed by atoms with van der Waals surface area (Å²) >= 11 is 3.01. The van der Waals surface area contributed by atoms with Crippen molar-refractivity contribution in [3.05, 3.63) is 58.5 Å². The number of thioether (sulfide) groups is 1. The maximum atomic E-state index is 11.4. The number of hydrogen-bond donors (Lipinski definition) is 2. The number of fused-ring (bicyclic) bond motifs is 1. The van der Waals surface area contributed by atoms with Gasteiger partial charge in [-0.05, 0) is 22.9 Å². The van der Waals surface area contributed by atoms with Crippen LogP contribution < -0.4 is 11.3 Å². The van der Waals surface area contributed by atoms with Crippen molar-refractivity contribution >= 4 is 39.8 Å². The predicted molar refractivity (Wildman–Crippen MR) is 87.3 cm³/mol. The van der Waals surface area contributed by atoms with Gasteiger partial charge in [-0.3, -0.25) is 10.2 Å². The first kappa shape index (κ1) is 14.1. The molecule has 0 bridgehead atoms. The Morgan fingerprint density at radius 1 is 1.24 bits per heavy atom. The summed E-state index contributed by atoms with van der Waals surface area (Å²) in [4.78, 5) is 16.8. The molecule has 0 aliphatic carbocycles. The lowest BCUT2D eigenvalue weighted by molar-refractivity contribution is 0.0953. The number of rotatable bonds is 4. The van der Waals surface area contributed by atoms with Crippen LogP contribution in [0.1, 0.15) is 15.5 Å². The average Bonchev–Trinajstić information content (AvgIpc) is 3.01. The van der Waals surface area contributed by atoms with Crippen molar-refractivity contribution in [1.82, 2.24) is 10.4 Å². The Morgan fingerprint density at radius 2 is 2.05 bits per heavy atom. The van der Waals surface area contributed by atoms with Crippen LogP contribution in [-0.4, -0.2) is 10.9 Å². The maximum absolute atomic E-state index is 11.4. The van der Waals surface area contributed by atoms with Crippen molar-refractivity contribution in [2.45, 2.75) is 10.6 Å². The van der Waals surface area contributed by atoms with Crippen molar-refractivity contribution in [3.63, 3.8) is 0 Å². The monoisotopic (exact) mass is 315 g/mol. The lowest BCUT2D eigenvalue weighted by atomic mass is 10.1. The van der Waals surface area contributed by atoms with Gasteiger partial charge in [0.15, 0.2) is 5.01 Å². The van der Waals surface area contributed by atoms with E-state index in [1.165, 1.54) is 27.0 Å². The van der Waals surface area contributed by atoms with E-state index < -0.39 is 0 Å². The van der Waals surface area contributed by atoms with Gasteiger partial charge in [0, 0.05) is 16.0 Å². The largest absolute Gasteiger partial charge is 0.294 e. The summed E-state index contributed by atoms with van der Waals surface area (Å²) in [6.45, 7) is 0. The quantitative estimate of drug-likeness (QED) is 0.336. The number of hydrazine groups is 1. The van der Waals surface area contributed by atoms with Gasteiger partial charge < -0.3 is 0 Å². The Morgan fingerprint density at radius 3 is 2.86 bits per heavy atom. The van der Waals surface area contributed by atoms with Gasteiger partial charge in [-0.2, -0.15) is 0 Å². The molecule has 0 unspecified atom stereocenters. The number of thiazole rings is 1. The van der Waals surface area contributed by atoms with Crippen LogP contribution >= 0.6 is 23.1 Å². The minimum Gasteiger partial charge on any atom is -0.288 e. The van der Waals surface area contributed by atoms with Gasteiger partial charge >= 0.3 is 0 Å². The van der Waals surface area contributed by atoms with E-state index in [-0.39, 0.29) is 5.91 Å². The van der Waals surface area contributed by atoms with Crippen molar-refractivity contribution in [1.29, 1.82) is 0 Å². The molecule has 21 heavy (non-hydrogen) atoms. The molecule has 1 amide bonds. The summed E-state index contributed by atoms with van der Waals surface area (Å²) in [5.41, 5.74) is 2.98. The highest BCUT2D eigenvalue weighted by atomic mass is 32.2. The molecule has 3 rings (SSSR count). The van der Waals surface area contributed by atoms with Crippen molar-refractivity contribution in [3.8, 4) is 0 Å². The highest BCUT2D eigenvalue weighted by Crippen LogP contribution is 2.27. The Balaban J connectivity index is 1.71. The molecule has 0 radical (unpaired) electrons. The molecule has 1 aromatic heterocycles. The zero-order chi connectivity index (χ0) is 14.7. The van der Waals surface area contributed by atoms with Crippen LogP contribution in [0.3, 0.4) is 0 Å². The number of nitrogens with two attached hydrogens (primary N) is 1. The fourth-order valence-corrected chi connectivity index (χ4v) is 3.62. The van der Waals surface area contributed by atoms with Crippen LogP contribution in [0.25, 0.3) is 10.8 Å². The number of nitrogens with one attached hydrogen (secondary N) is 1. The Bertz CT molecular complexity index is 785. The Hall–Kier alpha value is -1.89. The number of carbonyl (C=O) groups excluding carboxylic acids is 1. The molecule has 0 saturated carbocycles. The number of nitrogen functional groups attached to an aromatic ring is 1. The standard InChI is InChI=1S/C15H13N3OS2/c16-18-14(19)15-17-12(9-21-15)8-20-13-6-5-10-3-1-2-4-11(10)7-13/h1-7,9H,8,16H2,(H,18,19). The fraction of sp³-hybridized carbons (Fsp3) is 0.0667. The van der Waals surface area contributed by atoms with Gasteiger partial charge in [-0.1, -0.05) is 30.3 Å². The number of hydrogen-bond acceptors (Lipinski definition) is 5. The molecular formula is C15H13N3OS2. The molecule has 0 aliphatic rings. The minimum absolute atomic E-state index is 0.345. The summed E-state index contributed by atoms with van der Waals surface area (Å²) in [6.07, 6.45) is 0. The molecular weight excluding hydrogens is 302 g/mol. The van der Waals surface area contributed by atoms with Gasteiger partial charge in [0.25, 0.3) is 5.91 Å². The normalized spacial score (nSPS) is 10.7. The lowest BCUT2D eigenvalue weighted by Gasteiger charge is -2.02. The average molecular weight is 315 g/mol. The van der Waals surface area contributed by atoms with Crippen LogP contribution in [0.5, 0.6) is 0 Å². The molecule has 1 heterocycles. The molecule has 4 nitrogen and oxygen atoms in total. The van der Waals surface area contributed by atoms with E-state index in [1.54, 1.807) is 11.8 Å². The summed E-state index contributed by atoms with van der Waals surface area (Å²) in [5.74, 6) is 5.48. The van der Waals surface area contributed by atoms with E-state index in [4.69, 9.17) is 5.84 Å². The van der Waals surface area contributed by atoms with Crippen LogP contribution in [0, 0.1) is 0 Å². The van der Waals surface area contributed by atoms with Crippen molar-refractivity contribution < 1.29 is 4.79 Å². The second kappa shape index (κ2) is 6.26. The lowest BCUT2D eigenvalue weighted by Crippen LogP contribution is -2.29. The smallest absolute Gasteiger partial charge is 0.288 e. The van der Waals surface area contributed by atoms with Crippen LogP contribution in [0.4, 0.5) is 0 Å². The SMILES string of the molecule is NNC(=O)c1nc(CSc2ccc3ccccc3c2)cs1. The highest BCUT2D eigenvalue weighted by Gasteiger charge is 2.09. The summed E-state index contributed by atoms with van der Waals surface area (Å²) in [6, 6.07) is 14.7. The topological polar surface area (TPSA) is 68.0 Å². The number of amides is 1. The van der Waals surface area contributed by atoms with Gasteiger partial charge in [-0.25, -0.2) is 10.8 Å². The second-order valence-corrected chi connectivity index (χ2v) is 6.32. The first-order valence-electron chi connectivity index (χ1n) is 6.33. The van der Waals surface area contributed by atoms with Crippen molar-refractivity contribution in [2.75, 3.05) is 0 Å². The minimum atomic E-state index is -0.345. The van der Waals surface area contributed by atoms with E-state index in [9.17, 15) is 4.79 Å². The molecule has 3 aromatic rings. The summed E-state index contributed by atoms with van der Waals surface area (Å²) in [7, 11) is 0. The van der Waals surface area contributed by atoms with Gasteiger partial charge in [0.2, 0.25) is 0 Å². The third-order valence-electron chi connectivity index (χ3n) is 2.98. The van der Waals surface area contributed by atoms with Crippen LogP contribution in [-0.2, 0) is 5.75 Å². The second-order valence-electron chi connectivity index (χ2n) is 4.42. The fourth-order valence-electron chi connectivity index (χ4n) is 1.95. The molecule has 3 N–H and O–H groups in total. The first-order chi connectivity index (χ1) is 10.3. The molecule has 0 aliphatic heterocycles. The van der Waals surface area contributed by atoms with E-state index in [1.807, 2.05) is 17.5 Å². The molecule has 0 saturated heterocycles. The van der Waals surface area contributed by atoms with Crippen LogP contribution in [0.15, 0.2) is 52.7 Å². The van der Waals surface area contributed by atoms with Crippen molar-refractivity contribution in [2.24, 2.45) is 5.84 Å². The zero-order valence-electron chi connectivity index (χ0n) is 11.1.